The number of ether oxygens (including phenoxy) is 1. The number of hydrogen-bond donors (Lipinski definition) is 1. The molecule has 0 spiro atoms. The quantitative estimate of drug-likeness (QED) is 0.820. The average Bonchev–Trinajstić information content (AvgIpc) is 2.69. The van der Waals surface area contributed by atoms with Crippen LogP contribution < -0.4 is 10.5 Å². The van der Waals surface area contributed by atoms with Crippen molar-refractivity contribution < 1.29 is 21.8 Å². The van der Waals surface area contributed by atoms with Crippen molar-refractivity contribution in [3.63, 3.8) is 0 Å². The molecule has 2 N–H and O–H groups in total. The number of anilines is 1. The third-order valence-electron chi connectivity index (χ3n) is 2.90. The zero-order chi connectivity index (χ0) is 11.1. The Morgan fingerprint density at radius 1 is 1.35 bits per heavy atom. The van der Waals surface area contributed by atoms with E-state index in [1.54, 1.807) is 18.4 Å². The van der Waals surface area contributed by atoms with E-state index in [-0.39, 0.29) is 17.1 Å². The van der Waals surface area contributed by atoms with Gasteiger partial charge < -0.3 is 10.5 Å². The molecule has 0 saturated heterocycles. The Labute approximate surface area is 114 Å². The summed E-state index contributed by atoms with van der Waals surface area (Å²) in [5.41, 5.74) is 9.32. The van der Waals surface area contributed by atoms with Crippen LogP contribution in [0.25, 0.3) is 11.3 Å². The normalized spacial score (nSPS) is 12.3. The fraction of sp³-hybridized carbons (Fsp3) is 0.250. The average molecular weight is 287 g/mol. The minimum Gasteiger partial charge on any atom is -0.497 e. The molecule has 3 nitrogen and oxygen atoms in total. The van der Waals surface area contributed by atoms with Gasteiger partial charge in [0.15, 0.2) is 5.13 Å². The van der Waals surface area contributed by atoms with Crippen LogP contribution in [0.4, 0.5) is 5.13 Å². The van der Waals surface area contributed by atoms with E-state index in [4.69, 9.17) is 10.5 Å². The first-order valence-electron chi connectivity index (χ1n) is 5.20. The zero-order valence-corrected chi connectivity index (χ0v) is 11.4. The summed E-state index contributed by atoms with van der Waals surface area (Å²) in [6.45, 7) is 0. The summed E-state index contributed by atoms with van der Waals surface area (Å²) in [5, 5.41) is 0.661. The molecule has 0 unspecified atom stereocenters. The first-order valence-corrected chi connectivity index (χ1v) is 6.02. The van der Waals surface area contributed by atoms with Gasteiger partial charge in [-0.2, -0.15) is 0 Å². The Bertz CT molecular complexity index is 553. The maximum Gasteiger partial charge on any atom is 2.00 e. The Morgan fingerprint density at radius 3 is 2.94 bits per heavy atom. The largest absolute Gasteiger partial charge is 2.00 e. The maximum absolute atomic E-state index is 5.75. The van der Waals surface area contributed by atoms with E-state index in [9.17, 15) is 0 Å². The number of benzene rings is 1. The number of nitrogen functional groups attached to an aromatic ring is 1. The summed E-state index contributed by atoms with van der Waals surface area (Å²) in [5.74, 6) is 0.908. The van der Waals surface area contributed by atoms with Crippen molar-refractivity contribution >= 4 is 16.5 Å². The maximum atomic E-state index is 5.75. The van der Waals surface area contributed by atoms with Crippen LogP contribution in [-0.2, 0) is 29.9 Å². The Hall–Kier alpha value is -1.03. The number of thiazole rings is 1. The molecule has 1 aromatic carbocycles. The van der Waals surface area contributed by atoms with Crippen molar-refractivity contribution in [3.8, 4) is 17.0 Å². The van der Waals surface area contributed by atoms with Gasteiger partial charge in [0.25, 0.3) is 0 Å². The molecule has 1 radical (unpaired) electrons. The second-order valence-corrected chi connectivity index (χ2v) is 4.96. The van der Waals surface area contributed by atoms with E-state index < -0.39 is 0 Å². The molecule has 1 heterocycles. The van der Waals surface area contributed by atoms with Crippen molar-refractivity contribution in [3.05, 3.63) is 28.6 Å². The number of fused-ring (bicyclic) bond motifs is 3. The van der Waals surface area contributed by atoms with E-state index in [0.29, 0.717) is 5.13 Å². The van der Waals surface area contributed by atoms with Crippen LogP contribution >= 0.6 is 11.3 Å². The number of hydrogen-bond acceptors (Lipinski definition) is 4. The summed E-state index contributed by atoms with van der Waals surface area (Å²) in [7, 11) is 1.69. The van der Waals surface area contributed by atoms with E-state index in [0.717, 1.165) is 24.3 Å². The van der Waals surface area contributed by atoms with Crippen LogP contribution in [0.2, 0.25) is 0 Å². The van der Waals surface area contributed by atoms with Gasteiger partial charge >= 0.3 is 17.1 Å². The Balaban J connectivity index is 0.00000108. The van der Waals surface area contributed by atoms with Crippen LogP contribution in [-0.4, -0.2) is 12.1 Å². The molecular formula is C12H12MnN2OS+2. The summed E-state index contributed by atoms with van der Waals surface area (Å²) in [6, 6.07) is 6.14. The van der Waals surface area contributed by atoms with E-state index in [2.05, 4.69) is 17.1 Å². The van der Waals surface area contributed by atoms with Crippen molar-refractivity contribution in [2.24, 2.45) is 0 Å². The second-order valence-electron chi connectivity index (χ2n) is 3.85. The van der Waals surface area contributed by atoms with Crippen molar-refractivity contribution in [2.45, 2.75) is 12.8 Å². The number of aromatic nitrogens is 1. The number of methoxy groups -OCH3 is 1. The van der Waals surface area contributed by atoms with E-state index >= 15 is 0 Å². The molecule has 2 aromatic rings. The van der Waals surface area contributed by atoms with Crippen LogP contribution in [0.15, 0.2) is 18.2 Å². The Kier molecular flexibility index (Phi) is 3.43. The van der Waals surface area contributed by atoms with E-state index in [1.807, 2.05) is 6.07 Å². The minimum atomic E-state index is 0. The van der Waals surface area contributed by atoms with Crippen LogP contribution in [0.5, 0.6) is 5.75 Å². The fourth-order valence-corrected chi connectivity index (χ4v) is 2.98. The smallest absolute Gasteiger partial charge is 0.497 e. The van der Waals surface area contributed by atoms with Gasteiger partial charge in [0, 0.05) is 10.4 Å². The van der Waals surface area contributed by atoms with Crippen LogP contribution in [0.3, 0.4) is 0 Å². The van der Waals surface area contributed by atoms with Gasteiger partial charge in [0.1, 0.15) is 5.75 Å². The molecule has 0 bridgehead atoms. The molecule has 1 aliphatic carbocycles. The molecule has 0 aliphatic heterocycles. The first-order chi connectivity index (χ1) is 7.78. The van der Waals surface area contributed by atoms with Gasteiger partial charge in [-0.15, -0.1) is 11.3 Å². The number of nitrogens with zero attached hydrogens (tertiary/aromatic N) is 1. The van der Waals surface area contributed by atoms with Crippen LogP contribution in [0, 0.1) is 0 Å². The SMILES string of the molecule is COc1ccc2c(c1)CCc1sc(N)nc1-2.[Mn+2]. The summed E-state index contributed by atoms with van der Waals surface area (Å²) >= 11 is 1.60. The zero-order valence-electron chi connectivity index (χ0n) is 9.37. The summed E-state index contributed by atoms with van der Waals surface area (Å²) < 4.78 is 5.23. The molecule has 1 aliphatic rings. The molecule has 17 heavy (non-hydrogen) atoms. The predicted molar refractivity (Wildman–Crippen MR) is 65.9 cm³/mol. The van der Waals surface area contributed by atoms with Crippen molar-refractivity contribution in [2.75, 3.05) is 12.8 Å². The van der Waals surface area contributed by atoms with Crippen molar-refractivity contribution in [1.82, 2.24) is 4.98 Å². The fourth-order valence-electron chi connectivity index (χ4n) is 2.13. The standard InChI is InChI=1S/C12H12N2OS.Mn/c1-15-8-3-4-9-7(6-8)2-5-10-11(9)14-12(13)16-10;/h3-4,6H,2,5H2,1H3,(H2,13,14);/q;+2. The van der Waals surface area contributed by atoms with Crippen LogP contribution in [0.1, 0.15) is 10.4 Å². The summed E-state index contributed by atoms with van der Waals surface area (Å²) in [6.07, 6.45) is 2.07. The minimum absolute atomic E-state index is 0. The molecule has 0 amide bonds. The number of aryl methyl sites for hydroxylation is 2. The molecule has 0 saturated carbocycles. The third kappa shape index (κ3) is 2.06. The molecule has 0 fully saturated rings. The summed E-state index contributed by atoms with van der Waals surface area (Å²) in [4.78, 5) is 5.70. The molecule has 3 rings (SSSR count). The van der Waals surface area contributed by atoms with Gasteiger partial charge in [-0.25, -0.2) is 4.98 Å². The third-order valence-corrected chi connectivity index (χ3v) is 3.85. The van der Waals surface area contributed by atoms with Gasteiger partial charge in [-0.1, -0.05) is 0 Å². The topological polar surface area (TPSA) is 48.1 Å². The van der Waals surface area contributed by atoms with Gasteiger partial charge in [0.05, 0.1) is 12.8 Å². The second kappa shape index (κ2) is 4.69. The molecule has 1 aromatic heterocycles. The molecule has 87 valence electrons. The number of rotatable bonds is 1. The van der Waals surface area contributed by atoms with Gasteiger partial charge in [-0.05, 0) is 36.6 Å². The molecule has 5 heteroatoms. The molecular weight excluding hydrogens is 275 g/mol. The van der Waals surface area contributed by atoms with Gasteiger partial charge in [0.2, 0.25) is 0 Å². The Morgan fingerprint density at radius 2 is 2.18 bits per heavy atom. The monoisotopic (exact) mass is 287 g/mol. The van der Waals surface area contributed by atoms with Crippen molar-refractivity contribution in [1.29, 1.82) is 0 Å². The predicted octanol–water partition coefficient (Wildman–Crippen LogP) is 2.50. The first kappa shape index (κ1) is 12.4. The molecule has 0 atom stereocenters. The number of nitrogens with two attached hydrogens (primary N) is 1. The van der Waals surface area contributed by atoms with E-state index in [1.165, 1.54) is 16.0 Å². The van der Waals surface area contributed by atoms with Gasteiger partial charge in [-0.3, -0.25) is 0 Å².